The molecular formula is C52H42N2. The van der Waals surface area contributed by atoms with Crippen LogP contribution in [0.2, 0.25) is 0 Å². The number of rotatable bonds is 10. The third-order valence-electron chi connectivity index (χ3n) is 9.78. The monoisotopic (exact) mass is 694 g/mol. The van der Waals surface area contributed by atoms with E-state index in [1.54, 1.807) is 0 Å². The zero-order valence-electron chi connectivity index (χ0n) is 30.7. The second-order valence-electron chi connectivity index (χ2n) is 13.7. The van der Waals surface area contributed by atoms with Crippen molar-refractivity contribution in [3.05, 3.63) is 228 Å². The van der Waals surface area contributed by atoms with Crippen LogP contribution in [0.1, 0.15) is 33.4 Å². The first-order valence-electron chi connectivity index (χ1n) is 18.5. The van der Waals surface area contributed by atoms with Gasteiger partial charge in [-0.05, 0) is 96.8 Å². The molecule has 0 N–H and O–H groups in total. The second kappa shape index (κ2) is 15.8. The summed E-state index contributed by atoms with van der Waals surface area (Å²) in [5.74, 6) is 0. The molecule has 2 nitrogen and oxygen atoms in total. The van der Waals surface area contributed by atoms with Crippen LogP contribution in [0.15, 0.2) is 194 Å². The molecule has 8 aromatic carbocycles. The van der Waals surface area contributed by atoms with Crippen LogP contribution in [0.3, 0.4) is 0 Å². The Morgan fingerprint density at radius 3 is 0.907 bits per heavy atom. The summed E-state index contributed by atoms with van der Waals surface area (Å²) in [7, 11) is 0. The number of hydrogen-bond acceptors (Lipinski definition) is 2. The van der Waals surface area contributed by atoms with Crippen molar-refractivity contribution >= 4 is 69.2 Å². The van der Waals surface area contributed by atoms with Gasteiger partial charge in [-0.1, -0.05) is 169 Å². The molecular weight excluding hydrogens is 653 g/mol. The van der Waals surface area contributed by atoms with E-state index in [1.165, 1.54) is 33.0 Å². The minimum Gasteiger partial charge on any atom is -0.310 e. The Bertz CT molecular complexity index is 2330. The molecule has 0 fully saturated rings. The van der Waals surface area contributed by atoms with Crippen molar-refractivity contribution in [2.75, 3.05) is 9.80 Å². The van der Waals surface area contributed by atoms with E-state index in [9.17, 15) is 0 Å². The van der Waals surface area contributed by atoms with Crippen molar-refractivity contribution in [2.45, 2.75) is 13.8 Å². The molecule has 0 aliphatic carbocycles. The highest BCUT2D eigenvalue weighted by Gasteiger charge is 2.20. The van der Waals surface area contributed by atoms with Gasteiger partial charge < -0.3 is 9.80 Å². The van der Waals surface area contributed by atoms with Crippen LogP contribution in [0.25, 0.3) is 35.1 Å². The van der Waals surface area contributed by atoms with Gasteiger partial charge in [0.2, 0.25) is 0 Å². The molecule has 0 saturated heterocycles. The molecule has 0 amide bonds. The average Bonchev–Trinajstić information content (AvgIpc) is 3.23. The number of fused-ring (bicyclic) bond motifs is 1. The predicted octanol–water partition coefficient (Wildman–Crippen LogP) is 14.7. The van der Waals surface area contributed by atoms with Crippen molar-refractivity contribution in [3.8, 4) is 0 Å². The van der Waals surface area contributed by atoms with Crippen molar-refractivity contribution < 1.29 is 0 Å². The van der Waals surface area contributed by atoms with Crippen LogP contribution in [0, 0.1) is 13.8 Å². The lowest BCUT2D eigenvalue weighted by molar-refractivity contribution is 1.27. The molecule has 0 heterocycles. The van der Waals surface area contributed by atoms with Gasteiger partial charge in [0.15, 0.2) is 0 Å². The SMILES string of the molecule is Cc1ccc(N(c2ccc(C=Cc3ccccc3)cc2)c2cccc3c(N(c4ccc(C)cc4)c4ccc(C=Cc5ccccc5)cc4)cccc23)cc1. The second-order valence-corrected chi connectivity index (χ2v) is 13.7. The molecule has 0 atom stereocenters. The van der Waals surface area contributed by atoms with Crippen molar-refractivity contribution in [2.24, 2.45) is 0 Å². The molecule has 0 spiro atoms. The number of nitrogens with zero attached hydrogens (tertiary/aromatic N) is 2. The topological polar surface area (TPSA) is 6.48 Å². The van der Waals surface area contributed by atoms with Crippen LogP contribution in [-0.2, 0) is 0 Å². The summed E-state index contributed by atoms with van der Waals surface area (Å²) in [5, 5.41) is 2.34. The van der Waals surface area contributed by atoms with E-state index in [0.29, 0.717) is 0 Å². The number of hydrogen-bond donors (Lipinski definition) is 0. The van der Waals surface area contributed by atoms with E-state index in [0.717, 1.165) is 45.3 Å². The van der Waals surface area contributed by atoms with Gasteiger partial charge in [0.05, 0.1) is 11.4 Å². The van der Waals surface area contributed by atoms with Crippen LogP contribution >= 0.6 is 0 Å². The zero-order chi connectivity index (χ0) is 36.7. The first-order chi connectivity index (χ1) is 26.6. The lowest BCUT2D eigenvalue weighted by Gasteiger charge is -2.30. The summed E-state index contributed by atoms with van der Waals surface area (Å²) in [6, 6.07) is 69.5. The molecule has 0 unspecified atom stereocenters. The average molecular weight is 695 g/mol. The Morgan fingerprint density at radius 2 is 0.574 bits per heavy atom. The van der Waals surface area contributed by atoms with E-state index < -0.39 is 0 Å². The van der Waals surface area contributed by atoms with E-state index in [2.05, 4.69) is 230 Å². The van der Waals surface area contributed by atoms with Gasteiger partial charge in [0.1, 0.15) is 0 Å². The third kappa shape index (κ3) is 7.65. The Kier molecular flexibility index (Phi) is 9.99. The van der Waals surface area contributed by atoms with E-state index >= 15 is 0 Å². The van der Waals surface area contributed by atoms with Crippen LogP contribution in [0.5, 0.6) is 0 Å². The fraction of sp³-hybridized carbons (Fsp3) is 0.0385. The summed E-state index contributed by atoms with van der Waals surface area (Å²) in [5.41, 5.74) is 13.8. The highest BCUT2D eigenvalue weighted by Crippen LogP contribution is 2.44. The van der Waals surface area contributed by atoms with E-state index in [1.807, 2.05) is 12.1 Å². The summed E-state index contributed by atoms with van der Waals surface area (Å²) < 4.78 is 0. The van der Waals surface area contributed by atoms with Gasteiger partial charge in [0, 0.05) is 33.5 Å². The van der Waals surface area contributed by atoms with Gasteiger partial charge >= 0.3 is 0 Å². The van der Waals surface area contributed by atoms with Gasteiger partial charge in [-0.25, -0.2) is 0 Å². The minimum absolute atomic E-state index is 1.10. The molecule has 0 aliphatic rings. The van der Waals surface area contributed by atoms with Crippen molar-refractivity contribution in [1.29, 1.82) is 0 Å². The van der Waals surface area contributed by atoms with Crippen molar-refractivity contribution in [1.82, 2.24) is 0 Å². The number of benzene rings is 8. The normalized spacial score (nSPS) is 11.4. The zero-order valence-corrected chi connectivity index (χ0v) is 30.7. The maximum atomic E-state index is 2.38. The maximum Gasteiger partial charge on any atom is 0.0540 e. The molecule has 0 radical (unpaired) electrons. The summed E-state index contributed by atoms with van der Waals surface area (Å²) >= 11 is 0. The fourth-order valence-electron chi connectivity index (χ4n) is 6.89. The van der Waals surface area contributed by atoms with E-state index in [-0.39, 0.29) is 0 Å². The lowest BCUT2D eigenvalue weighted by Crippen LogP contribution is -2.12. The van der Waals surface area contributed by atoms with Crippen molar-refractivity contribution in [3.63, 3.8) is 0 Å². The standard InChI is InChI=1S/C52H42N2/c1-39-19-31-45(32-20-39)53(47-35-27-43(28-36-47)25-23-41-11-5-3-6-12-41)51-17-9-16-50-49(51)15-10-18-52(50)54(46-33-21-40(2)22-34-46)48-37-29-44(30-38-48)26-24-42-13-7-4-8-14-42/h3-38H,1-2H3. The summed E-state index contributed by atoms with van der Waals surface area (Å²) in [4.78, 5) is 4.75. The minimum atomic E-state index is 1.10. The Balaban J connectivity index is 1.21. The molecule has 2 heteroatoms. The predicted molar refractivity (Wildman–Crippen MR) is 234 cm³/mol. The lowest BCUT2D eigenvalue weighted by atomic mass is 10.0. The molecule has 8 aromatic rings. The fourth-order valence-corrected chi connectivity index (χ4v) is 6.89. The molecule has 0 saturated carbocycles. The molecule has 8 rings (SSSR count). The maximum absolute atomic E-state index is 2.38. The Hall–Kier alpha value is -6.90. The quantitative estimate of drug-likeness (QED) is 0.132. The smallest absolute Gasteiger partial charge is 0.0540 e. The van der Waals surface area contributed by atoms with Crippen LogP contribution in [0.4, 0.5) is 34.1 Å². The molecule has 0 bridgehead atoms. The largest absolute Gasteiger partial charge is 0.310 e. The number of aryl methyl sites for hydroxylation is 2. The summed E-state index contributed by atoms with van der Waals surface area (Å²) in [6.45, 7) is 4.27. The Morgan fingerprint density at radius 1 is 0.278 bits per heavy atom. The van der Waals surface area contributed by atoms with Gasteiger partial charge in [0.25, 0.3) is 0 Å². The first kappa shape index (κ1) is 34.2. The highest BCUT2D eigenvalue weighted by molar-refractivity contribution is 6.06. The molecule has 260 valence electrons. The van der Waals surface area contributed by atoms with Crippen LogP contribution in [-0.4, -0.2) is 0 Å². The molecule has 0 aromatic heterocycles. The van der Waals surface area contributed by atoms with Gasteiger partial charge in [-0.15, -0.1) is 0 Å². The third-order valence-corrected chi connectivity index (χ3v) is 9.78. The van der Waals surface area contributed by atoms with Gasteiger partial charge in [-0.2, -0.15) is 0 Å². The molecule has 54 heavy (non-hydrogen) atoms. The summed E-state index contributed by atoms with van der Waals surface area (Å²) in [6.07, 6.45) is 8.66. The first-order valence-corrected chi connectivity index (χ1v) is 18.5. The number of anilines is 6. The van der Waals surface area contributed by atoms with Gasteiger partial charge in [-0.3, -0.25) is 0 Å². The molecule has 0 aliphatic heterocycles. The van der Waals surface area contributed by atoms with Crippen LogP contribution < -0.4 is 9.80 Å². The highest BCUT2D eigenvalue weighted by atomic mass is 15.2. The van der Waals surface area contributed by atoms with E-state index in [4.69, 9.17) is 0 Å². The Labute approximate surface area is 319 Å².